The second-order valence-corrected chi connectivity index (χ2v) is 6.63. The zero-order chi connectivity index (χ0) is 20.1. The topological polar surface area (TPSA) is 144 Å². The van der Waals surface area contributed by atoms with Crippen molar-refractivity contribution < 1.29 is 9.72 Å². The van der Waals surface area contributed by atoms with Crippen LogP contribution in [0, 0.1) is 10.1 Å². The molecule has 0 saturated carbocycles. The molecule has 0 spiro atoms. The largest absolute Gasteiger partial charge is 0.382 e. The first-order valence-electron chi connectivity index (χ1n) is 8.06. The molecule has 0 atom stereocenters. The second-order valence-electron chi connectivity index (χ2n) is 5.66. The lowest BCUT2D eigenvalue weighted by atomic mass is 10.2. The third kappa shape index (κ3) is 4.54. The number of thioether (sulfide) groups is 1. The predicted molar refractivity (Wildman–Crippen MR) is 106 cm³/mol. The highest BCUT2D eigenvalue weighted by molar-refractivity contribution is 7.98. The SMILES string of the molecule is Nc1nc(SCc2ccc([N+](=O)[O-])cc2)[nH]c(=O)c1NC(=O)c1ccccc1. The number of nitrogen functional groups attached to an aromatic ring is 1. The number of nitrogens with one attached hydrogen (secondary N) is 2. The standard InChI is InChI=1S/C18H15N5O4S/c19-15-14(20-16(24)12-4-2-1-3-5-12)17(25)22-18(21-15)28-10-11-6-8-13(9-7-11)23(26)27/h1-9H,10H2,(H,20,24)(H3,19,21,22,25). The summed E-state index contributed by atoms with van der Waals surface area (Å²) in [5.41, 5.74) is 6.36. The van der Waals surface area contributed by atoms with Crippen LogP contribution in [0.1, 0.15) is 15.9 Å². The van der Waals surface area contributed by atoms with Crippen LogP contribution in [0.2, 0.25) is 0 Å². The zero-order valence-electron chi connectivity index (χ0n) is 14.4. The molecular weight excluding hydrogens is 382 g/mol. The normalized spacial score (nSPS) is 10.4. The fourth-order valence-electron chi connectivity index (χ4n) is 2.30. The van der Waals surface area contributed by atoms with Crippen LogP contribution in [0.15, 0.2) is 64.5 Å². The Balaban J connectivity index is 1.70. The van der Waals surface area contributed by atoms with Gasteiger partial charge in [-0.05, 0) is 17.7 Å². The number of amides is 1. The Morgan fingerprint density at radius 2 is 1.86 bits per heavy atom. The van der Waals surface area contributed by atoms with E-state index in [-0.39, 0.29) is 22.3 Å². The van der Waals surface area contributed by atoms with Gasteiger partial charge in [-0.2, -0.15) is 0 Å². The van der Waals surface area contributed by atoms with Gasteiger partial charge in [0, 0.05) is 23.4 Å². The molecule has 1 amide bonds. The Morgan fingerprint density at radius 3 is 2.46 bits per heavy atom. The zero-order valence-corrected chi connectivity index (χ0v) is 15.2. The molecular formula is C18H15N5O4S. The molecule has 0 aliphatic heterocycles. The van der Waals surface area contributed by atoms with Crippen LogP contribution in [0.25, 0.3) is 0 Å². The van der Waals surface area contributed by atoms with Crippen molar-refractivity contribution in [1.82, 2.24) is 9.97 Å². The number of hydrogen-bond donors (Lipinski definition) is 3. The minimum Gasteiger partial charge on any atom is -0.382 e. The van der Waals surface area contributed by atoms with Crippen LogP contribution in [0.4, 0.5) is 17.2 Å². The summed E-state index contributed by atoms with van der Waals surface area (Å²) in [6.45, 7) is 0. The predicted octanol–water partition coefficient (Wildman–Crippen LogP) is 2.80. The minimum atomic E-state index is -0.567. The molecule has 0 aliphatic carbocycles. The molecule has 0 fully saturated rings. The average Bonchev–Trinajstić information content (AvgIpc) is 2.70. The number of carbonyl (C=O) groups is 1. The van der Waals surface area contributed by atoms with E-state index in [1.54, 1.807) is 42.5 Å². The Hall–Kier alpha value is -3.66. The van der Waals surface area contributed by atoms with E-state index < -0.39 is 16.4 Å². The van der Waals surface area contributed by atoms with Crippen LogP contribution < -0.4 is 16.6 Å². The number of hydrogen-bond acceptors (Lipinski definition) is 7. The van der Waals surface area contributed by atoms with E-state index in [0.29, 0.717) is 11.3 Å². The van der Waals surface area contributed by atoms with E-state index in [2.05, 4.69) is 15.3 Å². The smallest absolute Gasteiger partial charge is 0.277 e. The molecule has 1 heterocycles. The molecule has 142 valence electrons. The van der Waals surface area contributed by atoms with Gasteiger partial charge in [-0.15, -0.1) is 0 Å². The van der Waals surface area contributed by atoms with Crippen LogP contribution in [-0.4, -0.2) is 20.8 Å². The summed E-state index contributed by atoms with van der Waals surface area (Å²) in [7, 11) is 0. The number of nitro benzene ring substituents is 1. The summed E-state index contributed by atoms with van der Waals surface area (Å²) in [6, 6.07) is 14.5. The number of H-pyrrole nitrogens is 1. The Kier molecular flexibility index (Phi) is 5.70. The highest BCUT2D eigenvalue weighted by Crippen LogP contribution is 2.22. The van der Waals surface area contributed by atoms with Gasteiger partial charge in [0.05, 0.1) is 4.92 Å². The number of anilines is 2. The molecule has 0 radical (unpaired) electrons. The quantitative estimate of drug-likeness (QED) is 0.251. The molecule has 1 aromatic heterocycles. The van der Waals surface area contributed by atoms with Gasteiger partial charge in [0.15, 0.2) is 11.0 Å². The van der Waals surface area contributed by atoms with Crippen molar-refractivity contribution in [3.05, 3.63) is 86.2 Å². The Labute approximate surface area is 163 Å². The van der Waals surface area contributed by atoms with Gasteiger partial charge < -0.3 is 11.1 Å². The first kappa shape index (κ1) is 19.1. The molecule has 3 aromatic rings. The van der Waals surface area contributed by atoms with Crippen molar-refractivity contribution in [2.45, 2.75) is 10.9 Å². The summed E-state index contributed by atoms with van der Waals surface area (Å²) in [5, 5.41) is 13.4. The Morgan fingerprint density at radius 1 is 1.18 bits per heavy atom. The first-order chi connectivity index (χ1) is 13.4. The lowest BCUT2D eigenvalue weighted by molar-refractivity contribution is -0.384. The average molecular weight is 397 g/mol. The molecule has 9 nitrogen and oxygen atoms in total. The lowest BCUT2D eigenvalue weighted by Gasteiger charge is -2.08. The fourth-order valence-corrected chi connectivity index (χ4v) is 3.12. The number of rotatable bonds is 6. The molecule has 10 heteroatoms. The molecule has 0 saturated heterocycles. The van der Waals surface area contributed by atoms with Crippen molar-refractivity contribution in [1.29, 1.82) is 0 Å². The van der Waals surface area contributed by atoms with Crippen molar-refractivity contribution >= 4 is 34.9 Å². The summed E-state index contributed by atoms with van der Waals surface area (Å²) in [4.78, 5) is 41.3. The maximum atomic E-state index is 12.3. The number of aromatic nitrogens is 2. The highest BCUT2D eigenvalue weighted by atomic mass is 32.2. The van der Waals surface area contributed by atoms with E-state index in [9.17, 15) is 19.7 Å². The van der Waals surface area contributed by atoms with E-state index in [0.717, 1.165) is 5.56 Å². The number of nitrogens with two attached hydrogens (primary N) is 1. The van der Waals surface area contributed by atoms with Gasteiger partial charge in [-0.3, -0.25) is 24.7 Å². The fraction of sp³-hybridized carbons (Fsp3) is 0.0556. The van der Waals surface area contributed by atoms with Crippen LogP contribution in [0.3, 0.4) is 0 Å². The van der Waals surface area contributed by atoms with Gasteiger partial charge in [0.2, 0.25) is 0 Å². The van der Waals surface area contributed by atoms with Crippen LogP contribution in [-0.2, 0) is 5.75 Å². The van der Waals surface area contributed by atoms with Crippen molar-refractivity contribution in [2.24, 2.45) is 0 Å². The minimum absolute atomic E-state index is 0.00281. The second kappa shape index (κ2) is 8.35. The van der Waals surface area contributed by atoms with Gasteiger partial charge >= 0.3 is 0 Å². The van der Waals surface area contributed by atoms with Gasteiger partial charge in [0.25, 0.3) is 17.2 Å². The van der Waals surface area contributed by atoms with E-state index in [1.165, 1.54) is 23.9 Å². The Bertz CT molecular complexity index is 1070. The van der Waals surface area contributed by atoms with Gasteiger partial charge in [0.1, 0.15) is 5.69 Å². The maximum Gasteiger partial charge on any atom is 0.277 e. The third-order valence-electron chi connectivity index (χ3n) is 3.72. The molecule has 28 heavy (non-hydrogen) atoms. The highest BCUT2D eigenvalue weighted by Gasteiger charge is 2.14. The molecule has 0 aliphatic rings. The summed E-state index contributed by atoms with van der Waals surface area (Å²) < 4.78 is 0. The summed E-state index contributed by atoms with van der Waals surface area (Å²) >= 11 is 1.21. The van der Waals surface area contributed by atoms with E-state index in [4.69, 9.17) is 5.73 Å². The number of non-ortho nitro benzene ring substituents is 1. The number of carbonyl (C=O) groups excluding carboxylic acids is 1. The van der Waals surface area contributed by atoms with Crippen LogP contribution >= 0.6 is 11.8 Å². The van der Waals surface area contributed by atoms with Crippen LogP contribution in [0.5, 0.6) is 0 Å². The molecule has 3 rings (SSSR count). The number of benzene rings is 2. The molecule has 2 aromatic carbocycles. The first-order valence-corrected chi connectivity index (χ1v) is 9.05. The number of nitrogens with zero attached hydrogens (tertiary/aromatic N) is 2. The van der Waals surface area contributed by atoms with Gasteiger partial charge in [-0.1, -0.05) is 42.1 Å². The van der Waals surface area contributed by atoms with Crippen molar-refractivity contribution in [3.63, 3.8) is 0 Å². The molecule has 0 bridgehead atoms. The van der Waals surface area contributed by atoms with Crippen molar-refractivity contribution in [2.75, 3.05) is 11.1 Å². The van der Waals surface area contributed by atoms with Crippen molar-refractivity contribution in [3.8, 4) is 0 Å². The third-order valence-corrected chi connectivity index (χ3v) is 4.67. The summed E-state index contributed by atoms with van der Waals surface area (Å²) in [6.07, 6.45) is 0. The summed E-state index contributed by atoms with van der Waals surface area (Å²) in [5.74, 6) is -0.138. The number of nitro groups is 1. The monoisotopic (exact) mass is 397 g/mol. The van der Waals surface area contributed by atoms with Gasteiger partial charge in [-0.25, -0.2) is 4.98 Å². The maximum absolute atomic E-state index is 12.3. The van der Waals surface area contributed by atoms with E-state index in [1.807, 2.05) is 0 Å². The van der Waals surface area contributed by atoms with E-state index >= 15 is 0 Å². The lowest BCUT2D eigenvalue weighted by Crippen LogP contribution is -2.23. The number of aromatic amines is 1. The molecule has 4 N–H and O–H groups in total. The molecule has 0 unspecified atom stereocenters.